The van der Waals surface area contributed by atoms with Crippen molar-refractivity contribution in [3.63, 3.8) is 0 Å². The van der Waals surface area contributed by atoms with E-state index in [1.165, 1.54) is 11.9 Å². The van der Waals surface area contributed by atoms with Crippen molar-refractivity contribution >= 4 is 23.3 Å². The third kappa shape index (κ3) is 4.32. The molecule has 3 N–H and O–H groups in total. The highest BCUT2D eigenvalue weighted by atomic mass is 16.4. The first-order valence-electron chi connectivity index (χ1n) is 7.82. The molecule has 126 valence electrons. The second-order valence-electron chi connectivity index (χ2n) is 5.61. The van der Waals surface area contributed by atoms with Crippen molar-refractivity contribution < 1.29 is 9.90 Å². The van der Waals surface area contributed by atoms with Crippen molar-refractivity contribution in [2.45, 2.75) is 13.5 Å². The maximum absolute atomic E-state index is 11.3. The average Bonchev–Trinajstić information content (AvgIpc) is 2.61. The summed E-state index contributed by atoms with van der Waals surface area (Å²) in [7, 11) is 0. The van der Waals surface area contributed by atoms with E-state index >= 15 is 0 Å². The van der Waals surface area contributed by atoms with Gasteiger partial charge in [0.1, 0.15) is 18.0 Å². The van der Waals surface area contributed by atoms with Gasteiger partial charge in [-0.3, -0.25) is 0 Å². The number of aromatic carboxylic acids is 1. The third-order valence-corrected chi connectivity index (χ3v) is 3.64. The summed E-state index contributed by atoms with van der Waals surface area (Å²) in [6.07, 6.45) is 1.43. The third-order valence-electron chi connectivity index (χ3n) is 3.64. The fraction of sp³-hybridized carbons (Fsp3) is 0.105. The van der Waals surface area contributed by atoms with Crippen LogP contribution < -0.4 is 10.6 Å². The molecule has 0 saturated carbocycles. The number of carboxylic acids is 1. The summed E-state index contributed by atoms with van der Waals surface area (Å²) < 4.78 is 0. The van der Waals surface area contributed by atoms with E-state index in [9.17, 15) is 9.90 Å². The van der Waals surface area contributed by atoms with Crippen molar-refractivity contribution in [2.75, 3.05) is 10.6 Å². The molecular formula is C19H18N4O2. The standard InChI is InChI=1S/C19H18N4O2/c1-13-5-4-6-14(9-13)11-20-17-10-18(22-12-21-17)23-16-8-3-2-7-15(16)19(24)25/h2-10,12H,11H2,1H3,(H,24,25)(H2,20,21,22,23). The number of aromatic nitrogens is 2. The van der Waals surface area contributed by atoms with Gasteiger partial charge in [-0.15, -0.1) is 0 Å². The topological polar surface area (TPSA) is 87.1 Å². The fourth-order valence-corrected chi connectivity index (χ4v) is 2.45. The first kappa shape index (κ1) is 16.4. The molecule has 3 aromatic rings. The molecule has 0 amide bonds. The van der Waals surface area contributed by atoms with Gasteiger partial charge in [-0.05, 0) is 24.6 Å². The number of para-hydroxylation sites is 1. The zero-order chi connectivity index (χ0) is 17.6. The first-order chi connectivity index (χ1) is 12.1. The summed E-state index contributed by atoms with van der Waals surface area (Å²) in [5.74, 6) is 0.192. The maximum atomic E-state index is 11.3. The van der Waals surface area contributed by atoms with Crippen molar-refractivity contribution in [1.82, 2.24) is 9.97 Å². The molecule has 0 unspecified atom stereocenters. The molecule has 25 heavy (non-hydrogen) atoms. The summed E-state index contributed by atoms with van der Waals surface area (Å²) >= 11 is 0. The normalized spacial score (nSPS) is 10.3. The molecule has 1 heterocycles. The molecule has 0 atom stereocenters. The van der Waals surface area contributed by atoms with Gasteiger partial charge in [0.15, 0.2) is 0 Å². The van der Waals surface area contributed by atoms with Crippen molar-refractivity contribution in [1.29, 1.82) is 0 Å². The fourth-order valence-electron chi connectivity index (χ4n) is 2.45. The van der Waals surface area contributed by atoms with Gasteiger partial charge < -0.3 is 15.7 Å². The number of anilines is 3. The second kappa shape index (κ2) is 7.44. The molecule has 0 fully saturated rings. The molecule has 0 aliphatic heterocycles. The van der Waals surface area contributed by atoms with Gasteiger partial charge in [-0.25, -0.2) is 14.8 Å². The number of aryl methyl sites for hydroxylation is 1. The average molecular weight is 334 g/mol. The highest BCUT2D eigenvalue weighted by molar-refractivity contribution is 5.95. The predicted octanol–water partition coefficient (Wildman–Crippen LogP) is 3.84. The van der Waals surface area contributed by atoms with E-state index in [4.69, 9.17) is 0 Å². The summed E-state index contributed by atoms with van der Waals surface area (Å²) in [5, 5.41) is 15.5. The zero-order valence-electron chi connectivity index (χ0n) is 13.7. The van der Waals surface area contributed by atoms with Gasteiger partial charge in [-0.2, -0.15) is 0 Å². The molecule has 6 heteroatoms. The smallest absolute Gasteiger partial charge is 0.337 e. The summed E-state index contributed by atoms with van der Waals surface area (Å²) in [6, 6.07) is 16.7. The monoisotopic (exact) mass is 334 g/mol. The molecule has 0 aliphatic rings. The van der Waals surface area contributed by atoms with E-state index in [0.717, 1.165) is 5.56 Å². The Morgan fingerprint density at radius 2 is 1.84 bits per heavy atom. The van der Waals surface area contributed by atoms with Crippen molar-refractivity contribution in [2.24, 2.45) is 0 Å². The van der Waals surface area contributed by atoms with E-state index in [1.54, 1.807) is 30.3 Å². The van der Waals surface area contributed by atoms with Crippen LogP contribution in [0, 0.1) is 6.92 Å². The Morgan fingerprint density at radius 1 is 1.04 bits per heavy atom. The largest absolute Gasteiger partial charge is 0.478 e. The molecule has 0 aliphatic carbocycles. The Balaban J connectivity index is 1.73. The predicted molar refractivity (Wildman–Crippen MR) is 97.2 cm³/mol. The Kier molecular flexibility index (Phi) is 4.89. The summed E-state index contributed by atoms with van der Waals surface area (Å²) in [5.41, 5.74) is 3.03. The maximum Gasteiger partial charge on any atom is 0.337 e. The number of carboxylic acid groups (broad SMARTS) is 1. The lowest BCUT2D eigenvalue weighted by atomic mass is 10.1. The van der Waals surface area contributed by atoms with Gasteiger partial charge in [-0.1, -0.05) is 42.0 Å². The highest BCUT2D eigenvalue weighted by Crippen LogP contribution is 2.20. The van der Waals surface area contributed by atoms with Crippen LogP contribution in [0.3, 0.4) is 0 Å². The van der Waals surface area contributed by atoms with Gasteiger partial charge in [0, 0.05) is 12.6 Å². The van der Waals surface area contributed by atoms with E-state index < -0.39 is 5.97 Å². The van der Waals surface area contributed by atoms with Gasteiger partial charge >= 0.3 is 5.97 Å². The van der Waals surface area contributed by atoms with Crippen LogP contribution >= 0.6 is 0 Å². The van der Waals surface area contributed by atoms with Gasteiger partial charge in [0.25, 0.3) is 0 Å². The molecule has 1 aromatic heterocycles. The van der Waals surface area contributed by atoms with E-state index in [1.807, 2.05) is 12.1 Å². The van der Waals surface area contributed by atoms with E-state index in [2.05, 4.69) is 39.7 Å². The summed E-state index contributed by atoms with van der Waals surface area (Å²) in [4.78, 5) is 19.6. The van der Waals surface area contributed by atoms with Crippen molar-refractivity contribution in [3.05, 3.63) is 77.6 Å². The Hall–Kier alpha value is -3.41. The van der Waals surface area contributed by atoms with E-state index in [0.29, 0.717) is 23.9 Å². The molecule has 2 aromatic carbocycles. The molecule has 0 saturated heterocycles. The van der Waals surface area contributed by atoms with Crippen LogP contribution in [0.2, 0.25) is 0 Å². The van der Waals surface area contributed by atoms with Gasteiger partial charge in [0.05, 0.1) is 11.3 Å². The molecule has 0 bridgehead atoms. The minimum Gasteiger partial charge on any atom is -0.478 e. The number of hydrogen-bond donors (Lipinski definition) is 3. The molecule has 0 spiro atoms. The number of rotatable bonds is 6. The minimum atomic E-state index is -0.991. The van der Waals surface area contributed by atoms with Gasteiger partial charge in [0.2, 0.25) is 0 Å². The highest BCUT2D eigenvalue weighted by Gasteiger charge is 2.09. The van der Waals surface area contributed by atoms with Crippen LogP contribution in [0.25, 0.3) is 0 Å². The van der Waals surface area contributed by atoms with Crippen LogP contribution in [0.1, 0.15) is 21.5 Å². The number of hydrogen-bond acceptors (Lipinski definition) is 5. The number of nitrogens with zero attached hydrogens (tertiary/aromatic N) is 2. The molecular weight excluding hydrogens is 316 g/mol. The Labute approximate surface area is 145 Å². The summed E-state index contributed by atoms with van der Waals surface area (Å²) in [6.45, 7) is 2.69. The lowest BCUT2D eigenvalue weighted by Crippen LogP contribution is -2.05. The van der Waals surface area contributed by atoms with Crippen LogP contribution in [0.5, 0.6) is 0 Å². The van der Waals surface area contributed by atoms with Crippen LogP contribution in [0.15, 0.2) is 60.9 Å². The number of nitrogens with one attached hydrogen (secondary N) is 2. The van der Waals surface area contributed by atoms with E-state index in [-0.39, 0.29) is 5.56 Å². The van der Waals surface area contributed by atoms with Crippen LogP contribution in [-0.4, -0.2) is 21.0 Å². The quantitative estimate of drug-likeness (QED) is 0.635. The molecule has 0 radical (unpaired) electrons. The Morgan fingerprint density at radius 3 is 2.64 bits per heavy atom. The second-order valence-corrected chi connectivity index (χ2v) is 5.61. The Bertz CT molecular complexity index is 896. The lowest BCUT2D eigenvalue weighted by molar-refractivity contribution is 0.0698. The van der Waals surface area contributed by atoms with Crippen LogP contribution in [-0.2, 0) is 6.54 Å². The molecule has 6 nitrogen and oxygen atoms in total. The lowest BCUT2D eigenvalue weighted by Gasteiger charge is -2.10. The number of carbonyl (C=O) groups is 1. The van der Waals surface area contributed by atoms with Crippen molar-refractivity contribution in [3.8, 4) is 0 Å². The SMILES string of the molecule is Cc1cccc(CNc2cc(Nc3ccccc3C(=O)O)ncn2)c1. The minimum absolute atomic E-state index is 0.190. The molecule has 3 rings (SSSR count). The number of benzene rings is 2. The first-order valence-corrected chi connectivity index (χ1v) is 7.82. The van der Waals surface area contributed by atoms with Crippen LogP contribution in [0.4, 0.5) is 17.3 Å². The zero-order valence-corrected chi connectivity index (χ0v) is 13.7.